The molecule has 6 heteroatoms. The number of carbonyl (C=O) groups excluding carboxylic acids is 2. The van der Waals surface area contributed by atoms with Crippen LogP contribution in [0.5, 0.6) is 0 Å². The fraction of sp³-hybridized carbons (Fsp3) is 0.312. The number of aryl methyl sites for hydroxylation is 1. The summed E-state index contributed by atoms with van der Waals surface area (Å²) in [6.45, 7) is 4.83. The highest BCUT2D eigenvalue weighted by Crippen LogP contribution is 2.43. The van der Waals surface area contributed by atoms with Crippen LogP contribution in [0.25, 0.3) is 10.9 Å². The van der Waals surface area contributed by atoms with Gasteiger partial charge in [-0.1, -0.05) is 78.4 Å². The van der Waals surface area contributed by atoms with Crippen LogP contribution in [0.1, 0.15) is 40.4 Å². The largest absolute Gasteiger partial charge is 0.356 e. The van der Waals surface area contributed by atoms with E-state index in [2.05, 4.69) is 77.5 Å². The molecule has 2 fully saturated rings. The van der Waals surface area contributed by atoms with Gasteiger partial charge in [0.2, 0.25) is 11.8 Å². The predicted molar refractivity (Wildman–Crippen MR) is 147 cm³/mol. The summed E-state index contributed by atoms with van der Waals surface area (Å²) < 4.78 is 0. The number of aromatic nitrogens is 1. The van der Waals surface area contributed by atoms with Gasteiger partial charge in [0.25, 0.3) is 0 Å². The van der Waals surface area contributed by atoms with Crippen molar-refractivity contribution in [1.29, 1.82) is 0 Å². The predicted octanol–water partition coefficient (Wildman–Crippen LogP) is 4.44. The molecule has 0 aliphatic carbocycles. The molecule has 7 rings (SSSR count). The summed E-state index contributed by atoms with van der Waals surface area (Å²) in [5, 5.41) is 1.14. The van der Waals surface area contributed by atoms with E-state index in [0.29, 0.717) is 6.42 Å². The van der Waals surface area contributed by atoms with Crippen LogP contribution in [-0.2, 0) is 22.6 Å². The Balaban J connectivity index is 1.22. The number of para-hydroxylation sites is 1. The Morgan fingerprint density at radius 3 is 2.50 bits per heavy atom. The van der Waals surface area contributed by atoms with Crippen molar-refractivity contribution < 1.29 is 9.59 Å². The molecule has 192 valence electrons. The maximum atomic E-state index is 14.2. The monoisotopic (exact) mass is 504 g/mol. The van der Waals surface area contributed by atoms with Crippen molar-refractivity contribution in [2.75, 3.05) is 19.6 Å². The zero-order chi connectivity index (χ0) is 25.8. The second kappa shape index (κ2) is 9.14. The van der Waals surface area contributed by atoms with Crippen molar-refractivity contribution in [2.45, 2.75) is 44.4 Å². The Kier molecular flexibility index (Phi) is 5.59. The van der Waals surface area contributed by atoms with Crippen LogP contribution >= 0.6 is 0 Å². The van der Waals surface area contributed by atoms with Crippen LogP contribution in [-0.4, -0.2) is 63.2 Å². The number of hydrogen-bond donors (Lipinski definition) is 1. The molecule has 6 nitrogen and oxygen atoms in total. The van der Waals surface area contributed by atoms with E-state index in [1.54, 1.807) is 0 Å². The number of amides is 2. The van der Waals surface area contributed by atoms with Crippen molar-refractivity contribution in [3.63, 3.8) is 0 Å². The average Bonchev–Trinajstić information content (AvgIpc) is 3.55. The Hall–Kier alpha value is -3.90. The standard InChI is InChI=1S/C32H32N4O2/c1-21-11-13-23(14-12-21)31-30-26(25-9-5-6-10-27(25)33-30)17-28-32(38)35(20-29(37)36(28)31)24-15-16-34(19-24)18-22-7-3-2-4-8-22/h2-14,24,28,31,33H,15-20H2,1H3/t24-,28-,31-/m1/s1. The van der Waals surface area contributed by atoms with Gasteiger partial charge in [0, 0.05) is 48.7 Å². The van der Waals surface area contributed by atoms with Gasteiger partial charge in [-0.25, -0.2) is 0 Å². The van der Waals surface area contributed by atoms with Crippen molar-refractivity contribution >= 4 is 22.7 Å². The first-order valence-electron chi connectivity index (χ1n) is 13.6. The molecule has 4 aromatic rings. The third-order valence-electron chi connectivity index (χ3n) is 8.62. The zero-order valence-electron chi connectivity index (χ0n) is 21.6. The topological polar surface area (TPSA) is 59.7 Å². The average molecular weight is 505 g/mol. The highest BCUT2D eigenvalue weighted by Gasteiger charge is 2.50. The van der Waals surface area contributed by atoms with E-state index in [1.807, 2.05) is 28.0 Å². The number of aromatic amines is 1. The smallest absolute Gasteiger partial charge is 0.246 e. The maximum absolute atomic E-state index is 14.2. The number of hydrogen-bond acceptors (Lipinski definition) is 3. The van der Waals surface area contributed by atoms with Gasteiger partial charge in [-0.05, 0) is 36.1 Å². The Bertz CT molecular complexity index is 1510. The lowest BCUT2D eigenvalue weighted by atomic mass is 9.85. The third kappa shape index (κ3) is 3.82. The van der Waals surface area contributed by atoms with Crippen LogP contribution in [0.4, 0.5) is 0 Å². The first-order valence-corrected chi connectivity index (χ1v) is 13.6. The number of nitrogens with zero attached hydrogens (tertiary/aromatic N) is 3. The Morgan fingerprint density at radius 1 is 0.921 bits per heavy atom. The van der Waals surface area contributed by atoms with E-state index >= 15 is 0 Å². The molecule has 38 heavy (non-hydrogen) atoms. The highest BCUT2D eigenvalue weighted by molar-refractivity contribution is 5.98. The van der Waals surface area contributed by atoms with Gasteiger partial charge in [0.15, 0.2) is 0 Å². The molecule has 4 heterocycles. The summed E-state index contributed by atoms with van der Waals surface area (Å²) >= 11 is 0. The fourth-order valence-electron chi connectivity index (χ4n) is 6.74. The molecule has 0 bridgehead atoms. The Labute approximate surface area is 222 Å². The van der Waals surface area contributed by atoms with E-state index in [4.69, 9.17) is 0 Å². The van der Waals surface area contributed by atoms with E-state index in [-0.39, 0.29) is 30.4 Å². The summed E-state index contributed by atoms with van der Waals surface area (Å²) in [6, 6.07) is 26.4. The number of carbonyl (C=O) groups is 2. The third-order valence-corrected chi connectivity index (χ3v) is 8.62. The maximum Gasteiger partial charge on any atom is 0.246 e. The van der Waals surface area contributed by atoms with E-state index < -0.39 is 6.04 Å². The quantitative estimate of drug-likeness (QED) is 0.447. The summed E-state index contributed by atoms with van der Waals surface area (Å²) in [5.74, 6) is 0.121. The number of fused-ring (bicyclic) bond motifs is 4. The van der Waals surface area contributed by atoms with Crippen LogP contribution < -0.4 is 0 Å². The molecule has 2 saturated heterocycles. The van der Waals surface area contributed by atoms with Gasteiger partial charge < -0.3 is 14.8 Å². The van der Waals surface area contributed by atoms with Crippen molar-refractivity contribution in [2.24, 2.45) is 0 Å². The van der Waals surface area contributed by atoms with E-state index in [0.717, 1.165) is 53.8 Å². The first-order chi connectivity index (χ1) is 18.6. The minimum Gasteiger partial charge on any atom is -0.356 e. The summed E-state index contributed by atoms with van der Waals surface area (Å²) in [7, 11) is 0. The number of rotatable bonds is 4. The normalized spacial score (nSPS) is 23.7. The number of piperazine rings is 1. The minimum atomic E-state index is -0.488. The van der Waals surface area contributed by atoms with E-state index in [9.17, 15) is 9.59 Å². The molecule has 3 atom stereocenters. The van der Waals surface area contributed by atoms with Gasteiger partial charge in [0.1, 0.15) is 12.6 Å². The Morgan fingerprint density at radius 2 is 1.68 bits per heavy atom. The van der Waals surface area contributed by atoms with Gasteiger partial charge in [0.05, 0.1) is 6.04 Å². The number of benzene rings is 3. The fourth-order valence-corrected chi connectivity index (χ4v) is 6.74. The summed E-state index contributed by atoms with van der Waals surface area (Å²) in [5.41, 5.74) is 6.74. The molecule has 2 amide bonds. The zero-order valence-corrected chi connectivity index (χ0v) is 21.6. The van der Waals surface area contributed by atoms with E-state index in [1.165, 1.54) is 11.1 Å². The molecular formula is C32H32N4O2. The van der Waals surface area contributed by atoms with Crippen LogP contribution in [0, 0.1) is 6.92 Å². The SMILES string of the molecule is Cc1ccc([C@@H]2c3[nH]c4ccccc4c3C[C@@H]3C(=O)N([C@@H]4CCN(Cc5ccccc5)C4)CC(=O)N23)cc1. The molecule has 3 aliphatic heterocycles. The molecule has 3 aliphatic rings. The molecule has 0 unspecified atom stereocenters. The first kappa shape index (κ1) is 23.2. The lowest BCUT2D eigenvalue weighted by Crippen LogP contribution is -2.65. The summed E-state index contributed by atoms with van der Waals surface area (Å²) in [4.78, 5) is 37.8. The van der Waals surface area contributed by atoms with Gasteiger partial charge in [-0.2, -0.15) is 0 Å². The summed E-state index contributed by atoms with van der Waals surface area (Å²) in [6.07, 6.45) is 1.45. The number of nitrogens with one attached hydrogen (secondary N) is 1. The molecule has 0 saturated carbocycles. The second-order valence-corrected chi connectivity index (χ2v) is 11.0. The molecule has 0 spiro atoms. The van der Waals surface area contributed by atoms with Crippen LogP contribution in [0.3, 0.4) is 0 Å². The highest BCUT2D eigenvalue weighted by atomic mass is 16.2. The van der Waals surface area contributed by atoms with Crippen LogP contribution in [0.2, 0.25) is 0 Å². The molecule has 3 aromatic carbocycles. The molecule has 1 aromatic heterocycles. The molecule has 0 radical (unpaired) electrons. The molecule has 1 N–H and O–H groups in total. The second-order valence-electron chi connectivity index (χ2n) is 11.0. The molecular weight excluding hydrogens is 472 g/mol. The van der Waals surface area contributed by atoms with Gasteiger partial charge in [-0.3, -0.25) is 14.5 Å². The van der Waals surface area contributed by atoms with Crippen molar-refractivity contribution in [1.82, 2.24) is 19.7 Å². The van der Waals surface area contributed by atoms with Crippen molar-refractivity contribution in [3.8, 4) is 0 Å². The van der Waals surface area contributed by atoms with Crippen LogP contribution in [0.15, 0.2) is 78.9 Å². The lowest BCUT2D eigenvalue weighted by molar-refractivity contribution is -0.160. The van der Waals surface area contributed by atoms with Gasteiger partial charge >= 0.3 is 0 Å². The lowest BCUT2D eigenvalue weighted by Gasteiger charge is -2.48. The minimum absolute atomic E-state index is 0.0333. The number of likely N-dealkylation sites (tertiary alicyclic amines) is 1. The van der Waals surface area contributed by atoms with Crippen molar-refractivity contribution in [3.05, 3.63) is 107 Å². The number of H-pyrrole nitrogens is 1. The van der Waals surface area contributed by atoms with Gasteiger partial charge in [-0.15, -0.1) is 0 Å².